The molecule has 1 atom stereocenters. The quantitative estimate of drug-likeness (QED) is 0.0152. The second kappa shape index (κ2) is 24.0. The molecule has 26 nitrogen and oxygen atoms in total. The van der Waals surface area contributed by atoms with Crippen LogP contribution in [0, 0.1) is 5.92 Å². The number of nitrogens with zero attached hydrogens (tertiary/aromatic N) is 7. The molecule has 0 aliphatic heterocycles. The molecular formula is C39H44Cl2N10O16S4. The Balaban J connectivity index is 1.56. The van der Waals surface area contributed by atoms with Crippen molar-refractivity contribution in [2.75, 3.05) is 47.2 Å². The SMILES string of the molecule is CC(CO)CCNc1nc(Nc2cc(O)c(N=Nc3ccc(Cl)c(S(=O)(=O)O)c3)cc2CCCCS(=O)(=O)O)nc(Nc2cc(O)c(N=Nc3ccc(Cl)c(S(=O)(=O)O)c3)cc2OCCCS(=O)(=O)O)n1. The number of anilines is 5. The predicted molar refractivity (Wildman–Crippen MR) is 259 cm³/mol. The third kappa shape index (κ3) is 17.7. The number of rotatable bonds is 25. The highest BCUT2D eigenvalue weighted by atomic mass is 35.5. The topological polar surface area (TPSA) is 412 Å². The molecule has 1 heterocycles. The second-order valence-corrected chi connectivity index (χ2v) is 21.9. The summed E-state index contributed by atoms with van der Waals surface area (Å²) in [6.45, 7) is 1.61. The van der Waals surface area contributed by atoms with Gasteiger partial charge in [-0.2, -0.15) is 58.9 Å². The Hall–Kier alpha value is -5.93. The maximum Gasteiger partial charge on any atom is 0.296 e. The third-order valence-electron chi connectivity index (χ3n) is 9.47. The van der Waals surface area contributed by atoms with Gasteiger partial charge in [-0.05, 0) is 86.1 Å². The summed E-state index contributed by atoms with van der Waals surface area (Å²) in [4.78, 5) is 12.0. The molecule has 32 heteroatoms. The van der Waals surface area contributed by atoms with Crippen molar-refractivity contribution in [1.29, 1.82) is 0 Å². The molecule has 0 bridgehead atoms. The zero-order valence-corrected chi connectivity index (χ0v) is 41.5. The van der Waals surface area contributed by atoms with E-state index in [1.54, 1.807) is 6.92 Å². The number of nitrogens with one attached hydrogen (secondary N) is 3. The molecule has 10 N–H and O–H groups in total. The Kier molecular flexibility index (Phi) is 18.9. The van der Waals surface area contributed by atoms with Gasteiger partial charge in [-0.25, -0.2) is 0 Å². The Morgan fingerprint density at radius 1 is 0.634 bits per heavy atom. The van der Waals surface area contributed by atoms with E-state index in [4.69, 9.17) is 27.9 Å². The van der Waals surface area contributed by atoms with Gasteiger partial charge in [-0.15, -0.1) is 10.2 Å². The van der Waals surface area contributed by atoms with Crippen LogP contribution in [0.2, 0.25) is 10.0 Å². The molecule has 1 unspecified atom stereocenters. The van der Waals surface area contributed by atoms with Gasteiger partial charge in [0.25, 0.3) is 40.5 Å². The Labute approximate surface area is 416 Å². The van der Waals surface area contributed by atoms with Crippen LogP contribution < -0.4 is 20.7 Å². The monoisotopic (exact) mass is 1110 g/mol. The molecule has 71 heavy (non-hydrogen) atoms. The van der Waals surface area contributed by atoms with Crippen LogP contribution in [0.1, 0.15) is 38.2 Å². The van der Waals surface area contributed by atoms with E-state index in [-0.39, 0.29) is 119 Å². The summed E-state index contributed by atoms with van der Waals surface area (Å²) in [5, 5.41) is 56.0. The number of hydrogen-bond donors (Lipinski definition) is 10. The van der Waals surface area contributed by atoms with E-state index >= 15 is 0 Å². The lowest BCUT2D eigenvalue weighted by molar-refractivity contribution is 0.233. The summed E-state index contributed by atoms with van der Waals surface area (Å²) in [6.07, 6.45) is 0.512. The molecule has 0 radical (unpaired) electrons. The number of aliphatic hydroxyl groups is 1. The number of ether oxygens (including phenoxy) is 1. The largest absolute Gasteiger partial charge is 0.506 e. The summed E-state index contributed by atoms with van der Waals surface area (Å²) in [7, 11) is -18.2. The molecule has 0 aliphatic carbocycles. The number of aromatic hydroxyl groups is 2. The van der Waals surface area contributed by atoms with Crippen molar-refractivity contribution >= 4 is 116 Å². The van der Waals surface area contributed by atoms with Gasteiger partial charge in [-0.3, -0.25) is 18.2 Å². The molecule has 0 aliphatic rings. The van der Waals surface area contributed by atoms with Crippen LogP contribution >= 0.6 is 23.2 Å². The zero-order chi connectivity index (χ0) is 52.3. The smallest absolute Gasteiger partial charge is 0.296 e. The minimum Gasteiger partial charge on any atom is -0.506 e. The van der Waals surface area contributed by atoms with Gasteiger partial charge in [0.1, 0.15) is 38.4 Å². The maximum absolute atomic E-state index is 11.8. The van der Waals surface area contributed by atoms with E-state index in [0.29, 0.717) is 12.0 Å². The first-order valence-electron chi connectivity index (χ1n) is 20.5. The molecule has 5 aromatic rings. The van der Waals surface area contributed by atoms with E-state index in [1.807, 2.05) is 0 Å². The van der Waals surface area contributed by atoms with Crippen molar-refractivity contribution in [3.05, 3.63) is 76.3 Å². The predicted octanol–water partition coefficient (Wildman–Crippen LogP) is 7.70. The first kappa shape index (κ1) is 56.0. The van der Waals surface area contributed by atoms with Gasteiger partial charge in [0, 0.05) is 37.0 Å². The summed E-state index contributed by atoms with van der Waals surface area (Å²) >= 11 is 11.8. The molecule has 0 amide bonds. The summed E-state index contributed by atoms with van der Waals surface area (Å²) in [5.74, 6) is -2.99. The average Bonchev–Trinajstić information content (AvgIpc) is 3.26. The van der Waals surface area contributed by atoms with Crippen LogP contribution in [0.4, 0.5) is 52.0 Å². The molecule has 0 spiro atoms. The van der Waals surface area contributed by atoms with Crippen LogP contribution in [0.3, 0.4) is 0 Å². The minimum absolute atomic E-state index is 0.00265. The van der Waals surface area contributed by atoms with Crippen LogP contribution in [-0.4, -0.2) is 113 Å². The first-order chi connectivity index (χ1) is 33.2. The van der Waals surface area contributed by atoms with Crippen LogP contribution in [-0.2, 0) is 46.9 Å². The van der Waals surface area contributed by atoms with E-state index in [9.17, 15) is 67.2 Å². The zero-order valence-electron chi connectivity index (χ0n) is 36.7. The maximum atomic E-state index is 11.8. The van der Waals surface area contributed by atoms with Crippen molar-refractivity contribution in [3.8, 4) is 17.2 Å². The van der Waals surface area contributed by atoms with Crippen LogP contribution in [0.25, 0.3) is 0 Å². The highest BCUT2D eigenvalue weighted by Gasteiger charge is 2.20. The van der Waals surface area contributed by atoms with Gasteiger partial charge < -0.3 is 36.0 Å². The number of phenols is 2. The standard InChI is InChI=1S/C39H44Cl2N10O16S4/c1-22(21-52)10-11-42-37-45-38(43-28-18-32(53)29(15-23(28)5-2-3-13-68(55,56)57)50-48-24-6-8-26(40)35(16-24)70(61,62)63)47-39(46-37)44-31-19-33(54)30(20-34(31)67-12-4-14-69(58,59)60)51-49-25-7-9-27(41)36(17-25)71(64,65)66/h6-9,15-20,22,52-54H,2-5,10-14,21H2,1H3,(H,55,56,57)(H,58,59,60)(H,61,62,63)(H,64,65,66)(H3,42,43,44,45,46,47). The molecule has 0 fully saturated rings. The fourth-order valence-corrected chi connectivity index (χ4v) is 9.00. The number of unbranched alkanes of at least 4 members (excludes halogenated alkanes) is 1. The number of halogens is 2. The first-order valence-corrected chi connectivity index (χ1v) is 27.3. The lowest BCUT2D eigenvalue weighted by Gasteiger charge is -2.17. The molecule has 1 aromatic heterocycles. The van der Waals surface area contributed by atoms with Crippen LogP contribution in [0.15, 0.2) is 90.9 Å². The van der Waals surface area contributed by atoms with Crippen molar-refractivity contribution in [2.24, 2.45) is 26.4 Å². The molecule has 384 valence electrons. The number of aryl methyl sites for hydroxylation is 1. The normalized spacial score (nSPS) is 12.9. The minimum atomic E-state index is -4.75. The van der Waals surface area contributed by atoms with E-state index in [2.05, 4.69) is 51.4 Å². The van der Waals surface area contributed by atoms with E-state index in [0.717, 1.165) is 30.3 Å². The number of benzene rings is 4. The second-order valence-electron chi connectivity index (χ2n) is 15.2. The molecular weight excluding hydrogens is 1060 g/mol. The summed E-state index contributed by atoms with van der Waals surface area (Å²) in [5.41, 5.74) is -0.139. The van der Waals surface area contributed by atoms with Gasteiger partial charge >= 0.3 is 0 Å². The number of phenolic OH excluding ortho intramolecular Hbond substituents is 2. The van der Waals surface area contributed by atoms with E-state index in [1.165, 1.54) is 30.3 Å². The highest BCUT2D eigenvalue weighted by Crippen LogP contribution is 2.41. The van der Waals surface area contributed by atoms with Crippen molar-refractivity contribution < 1.29 is 71.9 Å². The Morgan fingerprint density at radius 3 is 1.65 bits per heavy atom. The Morgan fingerprint density at radius 2 is 1.13 bits per heavy atom. The highest BCUT2D eigenvalue weighted by molar-refractivity contribution is 7.86. The average molecular weight is 1110 g/mol. The van der Waals surface area contributed by atoms with Gasteiger partial charge in [-0.1, -0.05) is 30.1 Å². The molecule has 5 rings (SSSR count). The summed E-state index contributed by atoms with van der Waals surface area (Å²) in [6, 6.07) is 11.6. The third-order valence-corrected chi connectivity index (χ3v) is 13.8. The lowest BCUT2D eigenvalue weighted by atomic mass is 10.0. The van der Waals surface area contributed by atoms with Gasteiger partial charge in [0.15, 0.2) is 0 Å². The van der Waals surface area contributed by atoms with E-state index < -0.39 is 73.3 Å². The number of azo groups is 2. The number of aliphatic hydroxyl groups excluding tert-OH is 1. The van der Waals surface area contributed by atoms with Gasteiger partial charge in [0.05, 0.1) is 45.2 Å². The van der Waals surface area contributed by atoms with Crippen molar-refractivity contribution in [3.63, 3.8) is 0 Å². The molecule has 0 saturated carbocycles. The lowest BCUT2D eigenvalue weighted by Crippen LogP contribution is -2.14. The molecule has 4 aromatic carbocycles. The fourth-order valence-electron chi connectivity index (χ4n) is 5.96. The number of aromatic nitrogens is 3. The molecule has 0 saturated heterocycles. The van der Waals surface area contributed by atoms with Crippen LogP contribution in [0.5, 0.6) is 17.2 Å². The summed E-state index contributed by atoms with van der Waals surface area (Å²) < 4.78 is 136. The van der Waals surface area contributed by atoms with Crippen molar-refractivity contribution in [1.82, 2.24) is 15.0 Å². The van der Waals surface area contributed by atoms with Crippen molar-refractivity contribution in [2.45, 2.75) is 48.8 Å². The fraction of sp³-hybridized carbons (Fsp3) is 0.308. The number of hydrogen-bond acceptors (Lipinski definition) is 22. The Bertz CT molecular complexity index is 3080. The van der Waals surface area contributed by atoms with Gasteiger partial charge in [0.2, 0.25) is 17.8 Å².